The first-order valence-electron chi connectivity index (χ1n) is 11.6. The standard InChI is InChI=1S/C25H30ClFN4O5/c1-25(2,3)36-24(33)28-15-8-9-30(12-15)22-20(27)17-13-31(23(32)19(17)21(26)29-22)11-14-6-7-16(34-4)10-18(14)35-5/h6-7,10,15H,8-9,11-13H2,1-5H3,(H,28,33). The molecule has 36 heavy (non-hydrogen) atoms. The van der Waals surface area contributed by atoms with Crippen molar-refractivity contribution >= 4 is 29.4 Å². The Morgan fingerprint density at radius 2 is 2.03 bits per heavy atom. The number of amides is 2. The molecule has 0 spiro atoms. The van der Waals surface area contributed by atoms with E-state index < -0.39 is 23.4 Å². The predicted molar refractivity (Wildman–Crippen MR) is 132 cm³/mol. The van der Waals surface area contributed by atoms with Gasteiger partial charge in [-0.25, -0.2) is 14.2 Å². The molecule has 0 radical (unpaired) electrons. The van der Waals surface area contributed by atoms with Crippen molar-refractivity contribution in [2.75, 3.05) is 32.2 Å². The molecule has 4 rings (SSSR count). The number of rotatable bonds is 6. The number of pyridine rings is 1. The van der Waals surface area contributed by atoms with Crippen LogP contribution in [0.3, 0.4) is 0 Å². The van der Waals surface area contributed by atoms with E-state index in [9.17, 15) is 9.59 Å². The highest BCUT2D eigenvalue weighted by Gasteiger charge is 2.37. The third kappa shape index (κ3) is 5.28. The van der Waals surface area contributed by atoms with Gasteiger partial charge in [0.1, 0.15) is 22.3 Å². The number of ether oxygens (including phenoxy) is 3. The molecule has 2 aromatic rings. The van der Waals surface area contributed by atoms with Gasteiger partial charge in [0.25, 0.3) is 5.91 Å². The van der Waals surface area contributed by atoms with Crippen LogP contribution in [0.1, 0.15) is 48.7 Å². The first kappa shape index (κ1) is 25.8. The molecule has 3 heterocycles. The minimum Gasteiger partial charge on any atom is -0.497 e. The fourth-order valence-electron chi connectivity index (χ4n) is 4.42. The molecule has 1 saturated heterocycles. The Bertz CT molecular complexity index is 1190. The Hall–Kier alpha value is -3.27. The highest BCUT2D eigenvalue weighted by Crippen LogP contribution is 2.37. The summed E-state index contributed by atoms with van der Waals surface area (Å²) in [5.74, 6) is 0.286. The number of benzene rings is 1. The second kappa shape index (κ2) is 10.0. The lowest BCUT2D eigenvalue weighted by Crippen LogP contribution is -2.40. The molecule has 1 aromatic carbocycles. The predicted octanol–water partition coefficient (Wildman–Crippen LogP) is 4.15. The minimum absolute atomic E-state index is 0.0425. The zero-order valence-corrected chi connectivity index (χ0v) is 21.7. The number of hydrogen-bond acceptors (Lipinski definition) is 7. The van der Waals surface area contributed by atoms with Crippen LogP contribution in [0.25, 0.3) is 0 Å². The molecule has 11 heteroatoms. The van der Waals surface area contributed by atoms with Crippen molar-refractivity contribution < 1.29 is 28.2 Å². The fraction of sp³-hybridized carbons (Fsp3) is 0.480. The molecule has 1 unspecified atom stereocenters. The first-order valence-corrected chi connectivity index (χ1v) is 12.0. The number of anilines is 1. The number of carbonyl (C=O) groups is 2. The van der Waals surface area contributed by atoms with Crippen molar-refractivity contribution in [1.82, 2.24) is 15.2 Å². The topological polar surface area (TPSA) is 93.2 Å². The summed E-state index contributed by atoms with van der Waals surface area (Å²) in [5, 5.41) is 2.77. The fourth-order valence-corrected chi connectivity index (χ4v) is 4.70. The molecular weight excluding hydrogens is 491 g/mol. The molecule has 0 aliphatic carbocycles. The van der Waals surface area contributed by atoms with Gasteiger partial charge in [-0.1, -0.05) is 11.6 Å². The summed E-state index contributed by atoms with van der Waals surface area (Å²) in [4.78, 5) is 32.7. The number of alkyl carbamates (subject to hydrolysis) is 1. The smallest absolute Gasteiger partial charge is 0.407 e. The van der Waals surface area contributed by atoms with Gasteiger partial charge in [-0.05, 0) is 39.3 Å². The maximum absolute atomic E-state index is 15.7. The van der Waals surface area contributed by atoms with E-state index in [1.807, 2.05) is 0 Å². The third-order valence-electron chi connectivity index (χ3n) is 6.09. The monoisotopic (exact) mass is 520 g/mol. The largest absolute Gasteiger partial charge is 0.497 e. The van der Waals surface area contributed by atoms with Crippen LogP contribution in [-0.4, -0.2) is 60.8 Å². The number of aromatic nitrogens is 1. The van der Waals surface area contributed by atoms with Crippen molar-refractivity contribution in [3.8, 4) is 11.5 Å². The van der Waals surface area contributed by atoms with Crippen LogP contribution in [0, 0.1) is 5.82 Å². The molecule has 0 bridgehead atoms. The maximum atomic E-state index is 15.7. The number of methoxy groups -OCH3 is 2. The maximum Gasteiger partial charge on any atom is 0.407 e. The lowest BCUT2D eigenvalue weighted by molar-refractivity contribution is 0.0508. The van der Waals surface area contributed by atoms with E-state index in [4.69, 9.17) is 25.8 Å². The lowest BCUT2D eigenvalue weighted by Gasteiger charge is -2.22. The molecule has 2 amide bonds. The Morgan fingerprint density at radius 1 is 1.28 bits per heavy atom. The lowest BCUT2D eigenvalue weighted by atomic mass is 10.1. The number of carbonyl (C=O) groups excluding carboxylic acids is 2. The van der Waals surface area contributed by atoms with Crippen LogP contribution in [0.5, 0.6) is 11.5 Å². The van der Waals surface area contributed by atoms with E-state index in [0.717, 1.165) is 5.56 Å². The van der Waals surface area contributed by atoms with Gasteiger partial charge in [0, 0.05) is 36.8 Å². The summed E-state index contributed by atoms with van der Waals surface area (Å²) in [6, 6.07) is 5.07. The summed E-state index contributed by atoms with van der Waals surface area (Å²) >= 11 is 6.40. The molecule has 1 N–H and O–H groups in total. The molecule has 1 aromatic heterocycles. The Balaban J connectivity index is 1.50. The molecule has 0 saturated carbocycles. The van der Waals surface area contributed by atoms with Gasteiger partial charge in [-0.3, -0.25) is 4.79 Å². The second-order valence-corrected chi connectivity index (χ2v) is 10.2. The summed E-state index contributed by atoms with van der Waals surface area (Å²) < 4.78 is 31.6. The average molecular weight is 521 g/mol. The first-order chi connectivity index (χ1) is 17.0. The molecule has 1 fully saturated rings. The van der Waals surface area contributed by atoms with Crippen LogP contribution in [0.2, 0.25) is 5.15 Å². The third-order valence-corrected chi connectivity index (χ3v) is 6.36. The van der Waals surface area contributed by atoms with Gasteiger partial charge >= 0.3 is 6.09 Å². The van der Waals surface area contributed by atoms with E-state index in [1.165, 1.54) is 12.0 Å². The van der Waals surface area contributed by atoms with Gasteiger partial charge in [-0.2, -0.15) is 0 Å². The summed E-state index contributed by atoms with van der Waals surface area (Å²) in [6.45, 7) is 6.44. The zero-order valence-electron chi connectivity index (χ0n) is 21.0. The summed E-state index contributed by atoms with van der Waals surface area (Å²) in [6.07, 6.45) is 0.0714. The molecule has 194 valence electrons. The normalized spacial score (nSPS) is 17.3. The van der Waals surface area contributed by atoms with Crippen molar-refractivity contribution in [2.24, 2.45) is 0 Å². The van der Waals surface area contributed by atoms with Crippen LogP contribution in [-0.2, 0) is 17.8 Å². The number of fused-ring (bicyclic) bond motifs is 1. The molecule has 1 atom stereocenters. The van der Waals surface area contributed by atoms with Crippen molar-refractivity contribution in [2.45, 2.75) is 51.9 Å². The quantitative estimate of drug-likeness (QED) is 0.572. The number of hydrogen-bond donors (Lipinski definition) is 1. The van der Waals surface area contributed by atoms with E-state index in [-0.39, 0.29) is 41.2 Å². The SMILES string of the molecule is COc1ccc(CN2Cc3c(F)c(N4CCC(NC(=O)OC(C)(C)C)C4)nc(Cl)c3C2=O)c(OC)c1. The summed E-state index contributed by atoms with van der Waals surface area (Å²) in [7, 11) is 3.09. The number of halogens is 2. The molecular formula is C25H30ClFN4O5. The zero-order chi connectivity index (χ0) is 26.2. The number of nitrogens with one attached hydrogen (secondary N) is 1. The van der Waals surface area contributed by atoms with Gasteiger partial charge in [0.2, 0.25) is 0 Å². The second-order valence-electron chi connectivity index (χ2n) is 9.81. The van der Waals surface area contributed by atoms with Crippen molar-refractivity contribution in [1.29, 1.82) is 0 Å². The Kier molecular flexibility index (Phi) is 7.17. The highest BCUT2D eigenvalue weighted by atomic mass is 35.5. The van der Waals surface area contributed by atoms with Crippen molar-refractivity contribution in [3.05, 3.63) is 45.9 Å². The minimum atomic E-state index is -0.613. The Labute approximate surface area is 214 Å². The van der Waals surface area contributed by atoms with Crippen molar-refractivity contribution in [3.63, 3.8) is 0 Å². The molecule has 2 aliphatic rings. The highest BCUT2D eigenvalue weighted by molar-refractivity contribution is 6.33. The molecule has 9 nitrogen and oxygen atoms in total. The van der Waals surface area contributed by atoms with E-state index in [2.05, 4.69) is 10.3 Å². The Morgan fingerprint density at radius 3 is 2.69 bits per heavy atom. The van der Waals surface area contributed by atoms with E-state index in [0.29, 0.717) is 31.0 Å². The van der Waals surface area contributed by atoms with Crippen LogP contribution < -0.4 is 19.7 Å². The van der Waals surface area contributed by atoms with Crippen LogP contribution >= 0.6 is 11.6 Å². The average Bonchev–Trinajstić information content (AvgIpc) is 3.40. The van der Waals surface area contributed by atoms with Crippen LogP contribution in [0.15, 0.2) is 18.2 Å². The molecule has 2 aliphatic heterocycles. The van der Waals surface area contributed by atoms with E-state index in [1.54, 1.807) is 51.0 Å². The number of nitrogens with zero attached hydrogens (tertiary/aromatic N) is 3. The van der Waals surface area contributed by atoms with Gasteiger partial charge in [-0.15, -0.1) is 0 Å². The van der Waals surface area contributed by atoms with Gasteiger partial charge < -0.3 is 29.3 Å². The van der Waals surface area contributed by atoms with E-state index >= 15 is 4.39 Å². The summed E-state index contributed by atoms with van der Waals surface area (Å²) in [5.41, 5.74) is 0.427. The van der Waals surface area contributed by atoms with Gasteiger partial charge in [0.05, 0.1) is 32.4 Å². The van der Waals surface area contributed by atoms with Gasteiger partial charge in [0.15, 0.2) is 11.6 Å². The van der Waals surface area contributed by atoms with Crippen LogP contribution in [0.4, 0.5) is 15.0 Å².